The lowest BCUT2D eigenvalue weighted by atomic mass is 10.4. The fourth-order valence-corrected chi connectivity index (χ4v) is 1.60. The Bertz CT molecular complexity index is 529. The van der Waals surface area contributed by atoms with Crippen LogP contribution < -0.4 is 0 Å². The summed E-state index contributed by atoms with van der Waals surface area (Å²) >= 11 is 5.03. The van der Waals surface area contributed by atoms with Crippen LogP contribution in [-0.4, -0.2) is 30.0 Å². The molecular formula is C8H11N5O2S. The van der Waals surface area contributed by atoms with Gasteiger partial charge in [0, 0.05) is 19.9 Å². The Labute approximate surface area is 96.1 Å². The van der Waals surface area contributed by atoms with Crippen LogP contribution in [0.5, 0.6) is 0 Å². The summed E-state index contributed by atoms with van der Waals surface area (Å²) in [5, 5.41) is 19.3. The van der Waals surface area contributed by atoms with E-state index < -0.39 is 0 Å². The van der Waals surface area contributed by atoms with E-state index in [9.17, 15) is 0 Å². The Kier molecular flexibility index (Phi) is 3.11. The van der Waals surface area contributed by atoms with Gasteiger partial charge < -0.3 is 14.2 Å². The van der Waals surface area contributed by atoms with Gasteiger partial charge in [0.2, 0.25) is 5.89 Å². The van der Waals surface area contributed by atoms with E-state index in [1.54, 1.807) is 11.5 Å². The molecule has 16 heavy (non-hydrogen) atoms. The molecule has 2 heterocycles. The molecule has 0 amide bonds. The van der Waals surface area contributed by atoms with E-state index in [0.717, 1.165) is 0 Å². The van der Waals surface area contributed by atoms with E-state index >= 15 is 0 Å². The molecule has 2 aromatic rings. The monoisotopic (exact) mass is 241 g/mol. The molecule has 0 bridgehead atoms. The van der Waals surface area contributed by atoms with E-state index in [2.05, 4.69) is 20.3 Å². The number of aliphatic hydroxyl groups excluding tert-OH is 1. The second-order valence-corrected chi connectivity index (χ2v) is 3.62. The third-order valence-electron chi connectivity index (χ3n) is 2.11. The van der Waals surface area contributed by atoms with E-state index in [4.69, 9.17) is 21.8 Å². The molecule has 0 saturated carbocycles. The molecule has 2 rings (SSSR count). The number of hydrogen-bond acceptors (Lipinski definition) is 6. The summed E-state index contributed by atoms with van der Waals surface area (Å²) in [5.41, 5.74) is 0. The number of hydrogen-bond donors (Lipinski definition) is 2. The van der Waals surface area contributed by atoms with Gasteiger partial charge in [0.1, 0.15) is 6.61 Å². The average Bonchev–Trinajstić information content (AvgIpc) is 2.82. The molecule has 2 aromatic heterocycles. The maximum absolute atomic E-state index is 9.03. The van der Waals surface area contributed by atoms with Gasteiger partial charge in [0.05, 0.1) is 0 Å². The van der Waals surface area contributed by atoms with Crippen LogP contribution in [0.25, 0.3) is 0 Å². The molecule has 0 radical (unpaired) electrons. The first-order chi connectivity index (χ1) is 7.70. The standard InChI is InChI=1S/C8H11N5O2S/c1-5-9-6(12-15-5)2-3-13-7(4-14)10-11-8(13)16/h14H,2-4H2,1H3,(H,11,16). The molecule has 0 spiro atoms. The van der Waals surface area contributed by atoms with Crippen molar-refractivity contribution in [3.8, 4) is 0 Å². The lowest BCUT2D eigenvalue weighted by Gasteiger charge is -2.01. The van der Waals surface area contributed by atoms with Crippen molar-refractivity contribution >= 4 is 12.2 Å². The molecule has 0 fully saturated rings. The first-order valence-corrected chi connectivity index (χ1v) is 5.15. The molecule has 0 aliphatic rings. The van der Waals surface area contributed by atoms with Crippen molar-refractivity contribution in [2.24, 2.45) is 0 Å². The van der Waals surface area contributed by atoms with Crippen LogP contribution in [0.3, 0.4) is 0 Å². The van der Waals surface area contributed by atoms with Crippen LogP contribution in [0.2, 0.25) is 0 Å². The molecule has 86 valence electrons. The number of H-pyrrole nitrogens is 1. The predicted octanol–water partition coefficient (Wildman–Crippen LogP) is 0.367. The third-order valence-corrected chi connectivity index (χ3v) is 2.42. The van der Waals surface area contributed by atoms with Crippen molar-refractivity contribution in [2.75, 3.05) is 0 Å². The fraction of sp³-hybridized carbons (Fsp3) is 0.500. The number of nitrogens with one attached hydrogen (secondary N) is 1. The summed E-state index contributed by atoms with van der Waals surface area (Å²) in [4.78, 5) is 4.08. The van der Waals surface area contributed by atoms with Gasteiger partial charge in [0.25, 0.3) is 0 Å². The lowest BCUT2D eigenvalue weighted by molar-refractivity contribution is 0.264. The normalized spacial score (nSPS) is 10.9. The number of aryl methyl sites for hydroxylation is 2. The van der Waals surface area contributed by atoms with Crippen LogP contribution in [0.1, 0.15) is 17.5 Å². The smallest absolute Gasteiger partial charge is 0.223 e. The summed E-state index contributed by atoms with van der Waals surface area (Å²) in [6.45, 7) is 2.14. The summed E-state index contributed by atoms with van der Waals surface area (Å²) in [6.07, 6.45) is 0.582. The molecular weight excluding hydrogens is 230 g/mol. The predicted molar refractivity (Wildman–Crippen MR) is 56.1 cm³/mol. The minimum atomic E-state index is -0.154. The highest BCUT2D eigenvalue weighted by molar-refractivity contribution is 7.71. The highest BCUT2D eigenvalue weighted by atomic mass is 32.1. The lowest BCUT2D eigenvalue weighted by Crippen LogP contribution is -2.07. The zero-order valence-electron chi connectivity index (χ0n) is 8.67. The van der Waals surface area contributed by atoms with E-state index in [1.165, 1.54) is 0 Å². The van der Waals surface area contributed by atoms with Crippen molar-refractivity contribution in [1.29, 1.82) is 0 Å². The van der Waals surface area contributed by atoms with Crippen LogP contribution in [-0.2, 0) is 19.6 Å². The average molecular weight is 241 g/mol. The maximum Gasteiger partial charge on any atom is 0.223 e. The van der Waals surface area contributed by atoms with Crippen molar-refractivity contribution in [3.05, 3.63) is 22.3 Å². The molecule has 0 saturated heterocycles. The minimum Gasteiger partial charge on any atom is -0.388 e. The Morgan fingerprint density at radius 1 is 1.56 bits per heavy atom. The van der Waals surface area contributed by atoms with Gasteiger partial charge in [0.15, 0.2) is 16.4 Å². The zero-order valence-corrected chi connectivity index (χ0v) is 9.49. The first kappa shape index (κ1) is 11.0. The van der Waals surface area contributed by atoms with Crippen LogP contribution in [0.15, 0.2) is 4.52 Å². The summed E-state index contributed by atoms with van der Waals surface area (Å²) in [6, 6.07) is 0. The van der Waals surface area contributed by atoms with Gasteiger partial charge in [-0.3, -0.25) is 5.10 Å². The number of nitrogens with zero attached hydrogens (tertiary/aromatic N) is 4. The zero-order chi connectivity index (χ0) is 11.5. The van der Waals surface area contributed by atoms with Crippen LogP contribution in [0, 0.1) is 11.7 Å². The second kappa shape index (κ2) is 4.54. The fourth-order valence-electron chi connectivity index (χ4n) is 1.36. The Balaban J connectivity index is 2.09. The Morgan fingerprint density at radius 3 is 3.00 bits per heavy atom. The molecule has 0 aliphatic heterocycles. The first-order valence-electron chi connectivity index (χ1n) is 4.75. The summed E-state index contributed by atoms with van der Waals surface area (Å²) in [5.74, 6) is 1.66. The maximum atomic E-state index is 9.03. The number of aromatic nitrogens is 5. The minimum absolute atomic E-state index is 0.154. The van der Waals surface area contributed by atoms with Gasteiger partial charge in [-0.05, 0) is 12.2 Å². The van der Waals surface area contributed by atoms with E-state index in [1.807, 2.05) is 0 Å². The van der Waals surface area contributed by atoms with Crippen molar-refractivity contribution in [1.82, 2.24) is 24.9 Å². The Morgan fingerprint density at radius 2 is 2.38 bits per heavy atom. The largest absolute Gasteiger partial charge is 0.388 e. The highest BCUT2D eigenvalue weighted by Gasteiger charge is 2.07. The molecule has 8 heteroatoms. The van der Waals surface area contributed by atoms with Crippen LogP contribution in [0.4, 0.5) is 0 Å². The van der Waals surface area contributed by atoms with Crippen molar-refractivity contribution in [3.63, 3.8) is 0 Å². The van der Waals surface area contributed by atoms with Crippen molar-refractivity contribution in [2.45, 2.75) is 26.5 Å². The highest BCUT2D eigenvalue weighted by Crippen LogP contribution is 2.02. The SMILES string of the molecule is Cc1nc(CCn2c(CO)n[nH]c2=S)no1. The molecule has 0 aromatic carbocycles. The number of aromatic amines is 1. The van der Waals surface area contributed by atoms with Crippen molar-refractivity contribution < 1.29 is 9.63 Å². The van der Waals surface area contributed by atoms with E-state index in [-0.39, 0.29) is 6.61 Å². The quantitative estimate of drug-likeness (QED) is 0.751. The van der Waals surface area contributed by atoms with Gasteiger partial charge in [-0.1, -0.05) is 5.16 Å². The van der Waals surface area contributed by atoms with Crippen LogP contribution >= 0.6 is 12.2 Å². The third kappa shape index (κ3) is 2.17. The molecule has 0 atom stereocenters. The van der Waals surface area contributed by atoms with Gasteiger partial charge >= 0.3 is 0 Å². The topological polar surface area (TPSA) is 92.8 Å². The number of aliphatic hydroxyl groups is 1. The van der Waals surface area contributed by atoms with Gasteiger partial charge in [-0.2, -0.15) is 10.1 Å². The van der Waals surface area contributed by atoms with Gasteiger partial charge in [-0.15, -0.1) is 0 Å². The molecule has 0 aliphatic carbocycles. The Hall–Kier alpha value is -1.54. The second-order valence-electron chi connectivity index (χ2n) is 3.23. The molecule has 7 nitrogen and oxygen atoms in total. The molecule has 0 unspecified atom stereocenters. The summed E-state index contributed by atoms with van der Waals surface area (Å²) in [7, 11) is 0. The summed E-state index contributed by atoms with van der Waals surface area (Å²) < 4.78 is 7.04. The van der Waals surface area contributed by atoms with Gasteiger partial charge in [-0.25, -0.2) is 0 Å². The van der Waals surface area contributed by atoms with E-state index in [0.29, 0.717) is 35.3 Å². The molecule has 2 N–H and O–H groups in total. The number of rotatable bonds is 4.